The van der Waals surface area contributed by atoms with Gasteiger partial charge in [0.1, 0.15) is 0 Å². The number of rotatable bonds is 4. The fourth-order valence-electron chi connectivity index (χ4n) is 1.94. The Morgan fingerprint density at radius 2 is 1.76 bits per heavy atom. The summed E-state index contributed by atoms with van der Waals surface area (Å²) in [5.41, 5.74) is 7.94. The van der Waals surface area contributed by atoms with Gasteiger partial charge in [-0.05, 0) is 55.3 Å². The fourth-order valence-corrected chi connectivity index (χ4v) is 3.52. The van der Waals surface area contributed by atoms with E-state index in [4.69, 9.17) is 5.73 Å². The first-order valence-electron chi connectivity index (χ1n) is 6.43. The molecule has 0 saturated carbocycles. The molecule has 2 aromatic rings. The van der Waals surface area contributed by atoms with Gasteiger partial charge in [-0.25, -0.2) is 13.1 Å². The minimum absolute atomic E-state index is 0.221. The normalized spacial score (nSPS) is 13.1. The molecule has 21 heavy (non-hydrogen) atoms. The van der Waals surface area contributed by atoms with Crippen LogP contribution in [0.25, 0.3) is 0 Å². The van der Waals surface area contributed by atoms with Crippen molar-refractivity contribution in [3.63, 3.8) is 0 Å². The summed E-state index contributed by atoms with van der Waals surface area (Å²) in [6, 6.07) is 11.9. The van der Waals surface area contributed by atoms with Gasteiger partial charge < -0.3 is 5.73 Å². The predicted octanol–water partition coefficient (Wildman–Crippen LogP) is 3.38. The summed E-state index contributed by atoms with van der Waals surface area (Å²) in [5.74, 6) is 0. The number of hydrogen-bond acceptors (Lipinski definition) is 3. The van der Waals surface area contributed by atoms with E-state index >= 15 is 0 Å². The molecule has 0 amide bonds. The molecule has 1 atom stereocenters. The Balaban J connectivity index is 2.24. The highest BCUT2D eigenvalue weighted by atomic mass is 79.9. The highest BCUT2D eigenvalue weighted by Crippen LogP contribution is 2.21. The number of benzene rings is 2. The van der Waals surface area contributed by atoms with Gasteiger partial charge in [0.25, 0.3) is 0 Å². The van der Waals surface area contributed by atoms with Gasteiger partial charge in [0.15, 0.2) is 0 Å². The van der Waals surface area contributed by atoms with E-state index in [0.717, 1.165) is 15.6 Å². The van der Waals surface area contributed by atoms with Crippen LogP contribution < -0.4 is 10.5 Å². The van der Waals surface area contributed by atoms with Gasteiger partial charge in [-0.3, -0.25) is 0 Å². The maximum atomic E-state index is 12.4. The zero-order valence-corrected chi connectivity index (χ0v) is 14.2. The minimum Gasteiger partial charge on any atom is -0.399 e. The molecule has 0 heterocycles. The molecule has 0 aromatic heterocycles. The molecular formula is C15H17BrN2O2S. The molecule has 0 aliphatic rings. The van der Waals surface area contributed by atoms with Crippen LogP contribution in [0.5, 0.6) is 0 Å². The van der Waals surface area contributed by atoms with Crippen LogP contribution in [0.3, 0.4) is 0 Å². The number of sulfonamides is 1. The van der Waals surface area contributed by atoms with E-state index in [-0.39, 0.29) is 10.9 Å². The van der Waals surface area contributed by atoms with Crippen LogP contribution in [-0.2, 0) is 10.0 Å². The van der Waals surface area contributed by atoms with Gasteiger partial charge in [0.05, 0.1) is 4.90 Å². The first-order chi connectivity index (χ1) is 9.79. The first-order valence-corrected chi connectivity index (χ1v) is 8.71. The maximum Gasteiger partial charge on any atom is 0.241 e. The van der Waals surface area contributed by atoms with Gasteiger partial charge in [0, 0.05) is 16.2 Å². The highest BCUT2D eigenvalue weighted by molar-refractivity contribution is 9.10. The Bertz CT molecular complexity index is 743. The number of halogens is 1. The summed E-state index contributed by atoms with van der Waals surface area (Å²) in [7, 11) is -3.57. The van der Waals surface area contributed by atoms with E-state index in [1.807, 2.05) is 31.2 Å². The zero-order chi connectivity index (χ0) is 15.6. The van der Waals surface area contributed by atoms with Crippen molar-refractivity contribution in [2.24, 2.45) is 0 Å². The van der Waals surface area contributed by atoms with Crippen LogP contribution in [0.1, 0.15) is 24.1 Å². The van der Waals surface area contributed by atoms with E-state index in [1.54, 1.807) is 19.1 Å². The molecule has 0 radical (unpaired) electrons. The van der Waals surface area contributed by atoms with E-state index < -0.39 is 10.0 Å². The third kappa shape index (κ3) is 3.84. The SMILES string of the molecule is Cc1cc(S(=O)(=O)N[C@@H](C)c2ccc(Br)cc2)ccc1N. The minimum atomic E-state index is -3.57. The van der Waals surface area contributed by atoms with Crippen molar-refractivity contribution >= 4 is 31.6 Å². The fraction of sp³-hybridized carbons (Fsp3) is 0.200. The average Bonchev–Trinajstić information content (AvgIpc) is 2.42. The Labute approximate surface area is 133 Å². The summed E-state index contributed by atoms with van der Waals surface area (Å²) < 4.78 is 28.4. The van der Waals surface area contributed by atoms with Gasteiger partial charge in [-0.1, -0.05) is 28.1 Å². The van der Waals surface area contributed by atoms with Crippen molar-refractivity contribution in [1.82, 2.24) is 4.72 Å². The second kappa shape index (κ2) is 6.17. The molecule has 3 N–H and O–H groups in total. The topological polar surface area (TPSA) is 72.2 Å². The Hall–Kier alpha value is -1.37. The third-order valence-corrected chi connectivity index (χ3v) is 5.32. The summed E-state index contributed by atoms with van der Waals surface area (Å²) >= 11 is 3.36. The average molecular weight is 369 g/mol. The monoisotopic (exact) mass is 368 g/mol. The van der Waals surface area contributed by atoms with Gasteiger partial charge in [-0.15, -0.1) is 0 Å². The van der Waals surface area contributed by atoms with E-state index in [1.165, 1.54) is 6.07 Å². The lowest BCUT2D eigenvalue weighted by Gasteiger charge is -2.15. The van der Waals surface area contributed by atoms with Crippen molar-refractivity contribution in [2.75, 3.05) is 5.73 Å². The third-order valence-electron chi connectivity index (χ3n) is 3.25. The molecule has 2 aromatic carbocycles. The standard InChI is InChI=1S/C15H17BrN2O2S/c1-10-9-14(7-8-15(10)17)21(19,20)18-11(2)12-3-5-13(16)6-4-12/h3-9,11,18H,17H2,1-2H3/t11-/m0/s1. The van der Waals surface area contributed by atoms with Gasteiger partial charge >= 0.3 is 0 Å². The molecule has 0 saturated heterocycles. The number of anilines is 1. The molecule has 4 nitrogen and oxygen atoms in total. The molecular weight excluding hydrogens is 352 g/mol. The quantitative estimate of drug-likeness (QED) is 0.812. The van der Waals surface area contributed by atoms with Gasteiger partial charge in [0.2, 0.25) is 10.0 Å². The highest BCUT2D eigenvalue weighted by Gasteiger charge is 2.18. The van der Waals surface area contributed by atoms with Crippen molar-refractivity contribution in [2.45, 2.75) is 24.8 Å². The van der Waals surface area contributed by atoms with E-state index in [9.17, 15) is 8.42 Å². The molecule has 0 bridgehead atoms. The van der Waals surface area contributed by atoms with E-state index in [2.05, 4.69) is 20.7 Å². The molecule has 0 unspecified atom stereocenters. The summed E-state index contributed by atoms with van der Waals surface area (Å²) in [4.78, 5) is 0.221. The molecule has 0 aliphatic carbocycles. The first kappa shape index (κ1) is 16.0. The molecule has 0 spiro atoms. The van der Waals surface area contributed by atoms with Crippen molar-refractivity contribution in [1.29, 1.82) is 0 Å². The number of aryl methyl sites for hydroxylation is 1. The number of nitrogens with two attached hydrogens (primary N) is 1. The van der Waals surface area contributed by atoms with Crippen molar-refractivity contribution < 1.29 is 8.42 Å². The Morgan fingerprint density at radius 1 is 1.14 bits per heavy atom. The largest absolute Gasteiger partial charge is 0.399 e. The lowest BCUT2D eigenvalue weighted by atomic mass is 10.1. The number of nitrogen functional groups attached to an aromatic ring is 1. The van der Waals surface area contributed by atoms with Crippen LogP contribution in [0.4, 0.5) is 5.69 Å². The van der Waals surface area contributed by atoms with Crippen molar-refractivity contribution in [3.05, 3.63) is 58.1 Å². The van der Waals surface area contributed by atoms with Crippen LogP contribution in [0.15, 0.2) is 51.8 Å². The van der Waals surface area contributed by atoms with Crippen LogP contribution >= 0.6 is 15.9 Å². The molecule has 0 aliphatic heterocycles. The number of nitrogens with one attached hydrogen (secondary N) is 1. The van der Waals surface area contributed by atoms with Crippen LogP contribution in [-0.4, -0.2) is 8.42 Å². The predicted molar refractivity (Wildman–Crippen MR) is 88.5 cm³/mol. The van der Waals surface area contributed by atoms with Crippen LogP contribution in [0, 0.1) is 6.92 Å². The van der Waals surface area contributed by atoms with Crippen molar-refractivity contribution in [3.8, 4) is 0 Å². The summed E-state index contributed by atoms with van der Waals surface area (Å²) in [6.45, 7) is 3.59. The lowest BCUT2D eigenvalue weighted by molar-refractivity contribution is 0.567. The molecule has 2 rings (SSSR count). The molecule has 6 heteroatoms. The second-order valence-electron chi connectivity index (χ2n) is 4.91. The Kier molecular flexibility index (Phi) is 4.70. The van der Waals surface area contributed by atoms with Crippen LogP contribution in [0.2, 0.25) is 0 Å². The molecule has 0 fully saturated rings. The smallest absolute Gasteiger partial charge is 0.241 e. The maximum absolute atomic E-state index is 12.4. The van der Waals surface area contributed by atoms with E-state index in [0.29, 0.717) is 5.69 Å². The van der Waals surface area contributed by atoms with Gasteiger partial charge in [-0.2, -0.15) is 0 Å². The zero-order valence-electron chi connectivity index (χ0n) is 11.8. The lowest BCUT2D eigenvalue weighted by Crippen LogP contribution is -2.27. The second-order valence-corrected chi connectivity index (χ2v) is 7.54. The molecule has 112 valence electrons. The number of hydrogen-bond donors (Lipinski definition) is 2. The Morgan fingerprint density at radius 3 is 2.33 bits per heavy atom. The summed E-state index contributed by atoms with van der Waals surface area (Å²) in [6.07, 6.45) is 0. The summed E-state index contributed by atoms with van der Waals surface area (Å²) in [5, 5.41) is 0.